The Labute approximate surface area is 119 Å². The molecule has 0 atom stereocenters. The van der Waals surface area contributed by atoms with Crippen molar-refractivity contribution in [3.63, 3.8) is 0 Å². The summed E-state index contributed by atoms with van der Waals surface area (Å²) in [7, 11) is 0. The van der Waals surface area contributed by atoms with Crippen LogP contribution in [0.3, 0.4) is 0 Å². The largest absolute Gasteiger partial charge is 0.478 e. The van der Waals surface area contributed by atoms with Gasteiger partial charge in [0.25, 0.3) is 0 Å². The first-order valence-corrected chi connectivity index (χ1v) is 6.51. The van der Waals surface area contributed by atoms with Gasteiger partial charge in [-0.15, -0.1) is 5.10 Å². The molecule has 19 heavy (non-hydrogen) atoms. The van der Waals surface area contributed by atoms with Gasteiger partial charge in [0.1, 0.15) is 5.00 Å². The molecule has 0 radical (unpaired) electrons. The standard InChI is InChI=1S/C10H7BrN4O3S/c11-5-1-2-6(9(16)17)7(3-5)13-10(18)14-8-4-12-15-19-8/h1-4H,(H,16,17)(H2,13,14,18). The van der Waals surface area contributed by atoms with E-state index in [1.165, 1.54) is 18.3 Å². The molecule has 7 nitrogen and oxygen atoms in total. The summed E-state index contributed by atoms with van der Waals surface area (Å²) < 4.78 is 4.25. The molecule has 2 aromatic rings. The molecule has 2 amide bonds. The number of nitrogens with one attached hydrogen (secondary N) is 2. The Hall–Kier alpha value is -2.00. The van der Waals surface area contributed by atoms with E-state index in [0.717, 1.165) is 11.5 Å². The molecule has 0 saturated carbocycles. The fraction of sp³-hybridized carbons (Fsp3) is 0. The summed E-state index contributed by atoms with van der Waals surface area (Å²) in [5, 5.41) is 18.0. The van der Waals surface area contributed by atoms with Crippen molar-refractivity contribution in [1.82, 2.24) is 9.59 Å². The van der Waals surface area contributed by atoms with Crippen molar-refractivity contribution in [2.45, 2.75) is 0 Å². The van der Waals surface area contributed by atoms with Crippen molar-refractivity contribution in [3.8, 4) is 0 Å². The summed E-state index contributed by atoms with van der Waals surface area (Å²) in [6, 6.07) is 3.93. The fourth-order valence-corrected chi connectivity index (χ4v) is 2.07. The van der Waals surface area contributed by atoms with E-state index in [0.29, 0.717) is 9.47 Å². The molecule has 0 aliphatic carbocycles. The molecule has 1 aromatic carbocycles. The summed E-state index contributed by atoms with van der Waals surface area (Å²) in [6.07, 6.45) is 1.39. The lowest BCUT2D eigenvalue weighted by Crippen LogP contribution is -2.20. The summed E-state index contributed by atoms with van der Waals surface area (Å²) in [5.41, 5.74) is 0.192. The predicted octanol–water partition coefficient (Wildman–Crippen LogP) is 2.64. The van der Waals surface area contributed by atoms with E-state index >= 15 is 0 Å². The van der Waals surface area contributed by atoms with E-state index < -0.39 is 12.0 Å². The van der Waals surface area contributed by atoms with Crippen molar-refractivity contribution >= 4 is 50.2 Å². The summed E-state index contributed by atoms with van der Waals surface area (Å²) in [6.45, 7) is 0. The first kappa shape index (κ1) is 13.4. The van der Waals surface area contributed by atoms with Gasteiger partial charge in [0.15, 0.2) is 0 Å². The molecule has 0 bridgehead atoms. The number of hydrogen-bond donors (Lipinski definition) is 3. The second kappa shape index (κ2) is 5.76. The zero-order valence-corrected chi connectivity index (χ0v) is 11.7. The highest BCUT2D eigenvalue weighted by molar-refractivity contribution is 9.10. The third-order valence-corrected chi connectivity index (χ3v) is 3.13. The third kappa shape index (κ3) is 3.48. The van der Waals surface area contributed by atoms with Crippen LogP contribution in [0.25, 0.3) is 0 Å². The average molecular weight is 343 g/mol. The minimum Gasteiger partial charge on any atom is -0.478 e. The number of hydrogen-bond acceptors (Lipinski definition) is 5. The summed E-state index contributed by atoms with van der Waals surface area (Å²) >= 11 is 4.23. The number of carbonyl (C=O) groups excluding carboxylic acids is 1. The molecule has 1 heterocycles. The van der Waals surface area contributed by atoms with Crippen LogP contribution in [0.15, 0.2) is 28.9 Å². The van der Waals surface area contributed by atoms with Crippen LogP contribution in [-0.2, 0) is 0 Å². The molecule has 0 aliphatic rings. The first-order valence-electron chi connectivity index (χ1n) is 4.94. The van der Waals surface area contributed by atoms with E-state index in [1.807, 2.05) is 0 Å². The molecule has 0 saturated heterocycles. The van der Waals surface area contributed by atoms with E-state index in [1.54, 1.807) is 6.07 Å². The van der Waals surface area contributed by atoms with Crippen LogP contribution in [0.2, 0.25) is 0 Å². The van der Waals surface area contributed by atoms with Gasteiger partial charge in [0.05, 0.1) is 17.4 Å². The van der Waals surface area contributed by atoms with Crippen molar-refractivity contribution in [3.05, 3.63) is 34.4 Å². The number of aromatic nitrogens is 2. The average Bonchev–Trinajstić information content (AvgIpc) is 2.81. The summed E-state index contributed by atoms with van der Waals surface area (Å²) in [5.74, 6) is -1.12. The van der Waals surface area contributed by atoms with Gasteiger partial charge in [-0.1, -0.05) is 20.4 Å². The second-order valence-corrected chi connectivity index (χ2v) is 5.06. The quantitative estimate of drug-likeness (QED) is 0.795. The highest BCUT2D eigenvalue weighted by Gasteiger charge is 2.13. The van der Waals surface area contributed by atoms with Crippen molar-refractivity contribution in [1.29, 1.82) is 0 Å². The van der Waals surface area contributed by atoms with E-state index in [2.05, 4.69) is 36.2 Å². The van der Waals surface area contributed by atoms with Crippen molar-refractivity contribution < 1.29 is 14.7 Å². The minimum atomic E-state index is -1.12. The fourth-order valence-electron chi connectivity index (χ4n) is 1.29. The topological polar surface area (TPSA) is 104 Å². The number of rotatable bonds is 3. The van der Waals surface area contributed by atoms with E-state index in [-0.39, 0.29) is 11.3 Å². The first-order chi connectivity index (χ1) is 9.06. The van der Waals surface area contributed by atoms with Gasteiger partial charge in [-0.25, -0.2) is 9.59 Å². The molecule has 1 aromatic heterocycles. The Kier molecular flexibility index (Phi) is 4.07. The summed E-state index contributed by atoms with van der Waals surface area (Å²) in [4.78, 5) is 22.7. The number of benzene rings is 1. The van der Waals surface area contributed by atoms with E-state index in [9.17, 15) is 9.59 Å². The van der Waals surface area contributed by atoms with Gasteiger partial charge in [0.2, 0.25) is 0 Å². The Morgan fingerprint density at radius 2 is 2.11 bits per heavy atom. The number of amides is 2. The second-order valence-electron chi connectivity index (χ2n) is 3.36. The highest BCUT2D eigenvalue weighted by Crippen LogP contribution is 2.22. The minimum absolute atomic E-state index is 0.000722. The van der Waals surface area contributed by atoms with Gasteiger partial charge in [-0.05, 0) is 18.2 Å². The maximum absolute atomic E-state index is 11.7. The lowest BCUT2D eigenvalue weighted by atomic mass is 10.2. The molecular formula is C10H7BrN4O3S. The third-order valence-electron chi connectivity index (χ3n) is 2.06. The molecule has 2 rings (SSSR count). The number of halogens is 1. The van der Waals surface area contributed by atoms with E-state index in [4.69, 9.17) is 5.11 Å². The number of aromatic carboxylic acids is 1. The molecule has 0 aliphatic heterocycles. The van der Waals surface area contributed by atoms with Gasteiger partial charge in [0, 0.05) is 16.0 Å². The Bertz CT molecular complexity index is 617. The lowest BCUT2D eigenvalue weighted by molar-refractivity contribution is 0.0698. The van der Waals surface area contributed by atoms with Crippen LogP contribution in [0.4, 0.5) is 15.5 Å². The zero-order chi connectivity index (χ0) is 13.8. The molecule has 9 heteroatoms. The predicted molar refractivity (Wildman–Crippen MR) is 73.7 cm³/mol. The smallest absolute Gasteiger partial charge is 0.337 e. The Morgan fingerprint density at radius 3 is 2.74 bits per heavy atom. The number of urea groups is 1. The van der Waals surface area contributed by atoms with Crippen LogP contribution in [0.5, 0.6) is 0 Å². The Balaban J connectivity index is 2.16. The number of anilines is 2. The maximum Gasteiger partial charge on any atom is 0.337 e. The van der Waals surface area contributed by atoms with Crippen LogP contribution in [0.1, 0.15) is 10.4 Å². The highest BCUT2D eigenvalue weighted by atomic mass is 79.9. The molecule has 3 N–H and O–H groups in total. The Morgan fingerprint density at radius 1 is 1.32 bits per heavy atom. The van der Waals surface area contributed by atoms with Crippen LogP contribution in [0, 0.1) is 0 Å². The molecule has 0 spiro atoms. The molecule has 98 valence electrons. The van der Waals surface area contributed by atoms with Gasteiger partial charge in [-0.2, -0.15) is 0 Å². The number of carboxylic acid groups (broad SMARTS) is 1. The van der Waals surface area contributed by atoms with Crippen molar-refractivity contribution in [2.24, 2.45) is 0 Å². The monoisotopic (exact) mass is 342 g/mol. The lowest BCUT2D eigenvalue weighted by Gasteiger charge is -2.09. The van der Waals surface area contributed by atoms with Gasteiger partial charge >= 0.3 is 12.0 Å². The SMILES string of the molecule is O=C(Nc1cnns1)Nc1cc(Br)ccc1C(=O)O. The van der Waals surface area contributed by atoms with Crippen LogP contribution in [-0.4, -0.2) is 26.7 Å². The van der Waals surface area contributed by atoms with Gasteiger partial charge in [-0.3, -0.25) is 5.32 Å². The zero-order valence-electron chi connectivity index (χ0n) is 9.25. The number of carbonyl (C=O) groups is 2. The number of carboxylic acids is 1. The number of nitrogens with zero attached hydrogens (tertiary/aromatic N) is 2. The van der Waals surface area contributed by atoms with Crippen molar-refractivity contribution in [2.75, 3.05) is 10.6 Å². The maximum atomic E-state index is 11.7. The molecule has 0 fully saturated rings. The molecular weight excluding hydrogens is 336 g/mol. The molecule has 0 unspecified atom stereocenters. The normalized spacial score (nSPS) is 9.95. The van der Waals surface area contributed by atoms with Crippen LogP contribution >= 0.6 is 27.5 Å². The van der Waals surface area contributed by atoms with Gasteiger partial charge < -0.3 is 10.4 Å². The van der Waals surface area contributed by atoms with Crippen LogP contribution < -0.4 is 10.6 Å².